The van der Waals surface area contributed by atoms with Gasteiger partial charge >= 0.3 is 5.95 Å². The Labute approximate surface area is 143 Å². The van der Waals surface area contributed by atoms with Gasteiger partial charge in [0, 0.05) is 45.3 Å². The molecule has 1 aromatic carbocycles. The predicted octanol–water partition coefficient (Wildman–Crippen LogP) is 0.178. The highest BCUT2D eigenvalue weighted by atomic mass is 15.3. The van der Waals surface area contributed by atoms with Crippen LogP contribution in [-0.4, -0.2) is 57.3 Å². The minimum Gasteiger partial charge on any atom is -0.366 e. The lowest BCUT2D eigenvalue weighted by Gasteiger charge is -2.31. The van der Waals surface area contributed by atoms with Gasteiger partial charge in [0.2, 0.25) is 0 Å². The van der Waals surface area contributed by atoms with Gasteiger partial charge in [0.1, 0.15) is 11.9 Å². The van der Waals surface area contributed by atoms with E-state index >= 15 is 0 Å². The summed E-state index contributed by atoms with van der Waals surface area (Å²) < 4.78 is 2.24. The Kier molecular flexibility index (Phi) is 4.57. The van der Waals surface area contributed by atoms with E-state index in [1.54, 1.807) is 0 Å². The van der Waals surface area contributed by atoms with E-state index in [4.69, 9.17) is 4.98 Å². The third-order valence-corrected chi connectivity index (χ3v) is 4.73. The lowest BCUT2D eigenvalue weighted by Crippen LogP contribution is -2.50. The molecule has 0 amide bonds. The van der Waals surface area contributed by atoms with Crippen LogP contribution in [0.15, 0.2) is 42.7 Å². The topological polar surface area (TPSA) is 47.3 Å². The van der Waals surface area contributed by atoms with Gasteiger partial charge in [-0.25, -0.2) is 4.57 Å². The summed E-state index contributed by atoms with van der Waals surface area (Å²) in [4.78, 5) is 9.53. The van der Waals surface area contributed by atoms with Crippen molar-refractivity contribution in [2.24, 2.45) is 0 Å². The van der Waals surface area contributed by atoms with Crippen LogP contribution in [0, 0.1) is 0 Å². The molecule has 2 fully saturated rings. The smallest absolute Gasteiger partial charge is 0.366 e. The van der Waals surface area contributed by atoms with Crippen LogP contribution in [0.25, 0.3) is 5.69 Å². The van der Waals surface area contributed by atoms with Crippen LogP contribution in [0.2, 0.25) is 0 Å². The van der Waals surface area contributed by atoms with Gasteiger partial charge in [-0.05, 0) is 12.1 Å². The molecule has 0 unspecified atom stereocenters. The maximum absolute atomic E-state index is 4.70. The second kappa shape index (κ2) is 7.15. The van der Waals surface area contributed by atoms with E-state index in [0.29, 0.717) is 0 Å². The van der Waals surface area contributed by atoms with Crippen LogP contribution < -0.4 is 25.0 Å². The molecule has 0 radical (unpaired) electrons. The SMILES string of the molecule is c1ccc(-[n+]2cccnc2N2CCNCC2)c(N2CCNCC2)c1. The molecule has 2 saturated heterocycles. The van der Waals surface area contributed by atoms with Crippen LogP contribution in [0.1, 0.15) is 0 Å². The fourth-order valence-corrected chi connectivity index (χ4v) is 3.49. The van der Waals surface area contributed by atoms with E-state index in [2.05, 4.69) is 55.5 Å². The Hall–Kier alpha value is -2.18. The van der Waals surface area contributed by atoms with E-state index in [-0.39, 0.29) is 0 Å². The number of aromatic nitrogens is 2. The second-order valence-corrected chi connectivity index (χ2v) is 6.25. The van der Waals surface area contributed by atoms with Crippen LogP contribution in [0.4, 0.5) is 11.6 Å². The summed E-state index contributed by atoms with van der Waals surface area (Å²) >= 11 is 0. The molecule has 3 heterocycles. The number of para-hydroxylation sites is 2. The first-order valence-corrected chi connectivity index (χ1v) is 8.81. The lowest BCUT2D eigenvalue weighted by atomic mass is 10.2. The molecule has 6 nitrogen and oxygen atoms in total. The molecule has 2 aromatic rings. The lowest BCUT2D eigenvalue weighted by molar-refractivity contribution is -0.584. The summed E-state index contributed by atoms with van der Waals surface area (Å²) in [5.41, 5.74) is 2.49. The molecule has 1 aromatic heterocycles. The number of hydrogen-bond acceptors (Lipinski definition) is 5. The summed E-state index contributed by atoms with van der Waals surface area (Å²) in [6.07, 6.45) is 4.02. The minimum atomic E-state index is 0.993. The number of rotatable bonds is 3. The quantitative estimate of drug-likeness (QED) is 0.789. The van der Waals surface area contributed by atoms with Gasteiger partial charge in [0.25, 0.3) is 0 Å². The van der Waals surface area contributed by atoms with Gasteiger partial charge in [-0.3, -0.25) is 4.90 Å². The number of anilines is 2. The second-order valence-electron chi connectivity index (χ2n) is 6.25. The van der Waals surface area contributed by atoms with Crippen molar-refractivity contribution in [3.05, 3.63) is 42.7 Å². The Balaban J connectivity index is 1.74. The average molecular weight is 325 g/mol. The van der Waals surface area contributed by atoms with Gasteiger partial charge in [-0.1, -0.05) is 17.1 Å². The summed E-state index contributed by atoms with van der Waals surface area (Å²) in [7, 11) is 0. The van der Waals surface area contributed by atoms with E-state index in [1.807, 2.05) is 12.3 Å². The van der Waals surface area contributed by atoms with Crippen molar-refractivity contribution in [1.29, 1.82) is 0 Å². The molecule has 0 atom stereocenters. The third kappa shape index (κ3) is 3.07. The molecule has 2 N–H and O–H groups in total. The predicted molar refractivity (Wildman–Crippen MR) is 95.9 cm³/mol. The Morgan fingerprint density at radius 2 is 1.50 bits per heavy atom. The van der Waals surface area contributed by atoms with Crippen LogP contribution in [0.5, 0.6) is 0 Å². The molecule has 0 spiro atoms. The largest absolute Gasteiger partial charge is 0.399 e. The molecular formula is C18H25N6+. The zero-order valence-electron chi connectivity index (χ0n) is 14.0. The van der Waals surface area contributed by atoms with Crippen LogP contribution >= 0.6 is 0 Å². The number of nitrogens with zero attached hydrogens (tertiary/aromatic N) is 4. The fourth-order valence-electron chi connectivity index (χ4n) is 3.49. The summed E-state index contributed by atoms with van der Waals surface area (Å²) in [5.74, 6) is 1.03. The summed E-state index contributed by atoms with van der Waals surface area (Å²) in [6.45, 7) is 8.17. The van der Waals surface area contributed by atoms with E-state index in [9.17, 15) is 0 Å². The number of benzene rings is 1. The molecule has 0 bridgehead atoms. The first kappa shape index (κ1) is 15.4. The Morgan fingerprint density at radius 1 is 0.833 bits per heavy atom. The zero-order valence-corrected chi connectivity index (χ0v) is 14.0. The minimum absolute atomic E-state index is 0.993. The maximum Gasteiger partial charge on any atom is 0.399 e. The van der Waals surface area contributed by atoms with Gasteiger partial charge < -0.3 is 15.5 Å². The molecule has 126 valence electrons. The summed E-state index contributed by atoms with van der Waals surface area (Å²) in [5, 5.41) is 6.84. The number of nitrogens with one attached hydrogen (secondary N) is 2. The third-order valence-electron chi connectivity index (χ3n) is 4.73. The first-order valence-electron chi connectivity index (χ1n) is 8.81. The van der Waals surface area contributed by atoms with Crippen molar-refractivity contribution in [1.82, 2.24) is 15.6 Å². The Bertz CT molecular complexity index is 617. The maximum atomic E-state index is 4.70. The molecule has 24 heavy (non-hydrogen) atoms. The highest BCUT2D eigenvalue weighted by molar-refractivity contribution is 5.59. The van der Waals surface area contributed by atoms with E-state index in [0.717, 1.165) is 58.3 Å². The number of piperazine rings is 2. The normalized spacial score (nSPS) is 18.7. The van der Waals surface area contributed by atoms with Crippen molar-refractivity contribution >= 4 is 11.6 Å². The van der Waals surface area contributed by atoms with Crippen molar-refractivity contribution < 1.29 is 4.57 Å². The van der Waals surface area contributed by atoms with Gasteiger partial charge in [-0.15, -0.1) is 0 Å². The standard InChI is InChI=1S/C18H25N6/c1-2-5-17(16(4-1)22-12-7-19-8-13-22)24-11-3-6-21-18(24)23-14-9-20-10-15-23/h1-6,11,19-20H,7-10,12-15H2/q+1. The molecule has 2 aliphatic rings. The monoisotopic (exact) mass is 325 g/mol. The van der Waals surface area contributed by atoms with E-state index in [1.165, 1.54) is 11.4 Å². The Morgan fingerprint density at radius 3 is 2.25 bits per heavy atom. The number of hydrogen-bond donors (Lipinski definition) is 2. The van der Waals surface area contributed by atoms with Crippen molar-refractivity contribution in [3.63, 3.8) is 0 Å². The molecule has 0 aliphatic carbocycles. The fraction of sp³-hybridized carbons (Fsp3) is 0.444. The van der Waals surface area contributed by atoms with Crippen LogP contribution in [-0.2, 0) is 0 Å². The zero-order chi connectivity index (χ0) is 16.2. The van der Waals surface area contributed by atoms with Crippen molar-refractivity contribution in [3.8, 4) is 5.69 Å². The van der Waals surface area contributed by atoms with Crippen LogP contribution in [0.3, 0.4) is 0 Å². The highest BCUT2D eigenvalue weighted by Gasteiger charge is 2.26. The van der Waals surface area contributed by atoms with Gasteiger partial charge in [0.05, 0.1) is 25.0 Å². The van der Waals surface area contributed by atoms with E-state index < -0.39 is 0 Å². The van der Waals surface area contributed by atoms with Crippen molar-refractivity contribution in [2.45, 2.75) is 0 Å². The molecule has 4 rings (SSSR count). The molecular weight excluding hydrogens is 300 g/mol. The molecule has 2 aliphatic heterocycles. The van der Waals surface area contributed by atoms with Gasteiger partial charge in [-0.2, -0.15) is 0 Å². The summed E-state index contributed by atoms with van der Waals surface area (Å²) in [6, 6.07) is 10.7. The molecule has 6 heteroatoms. The van der Waals surface area contributed by atoms with Crippen molar-refractivity contribution in [2.75, 3.05) is 62.2 Å². The average Bonchev–Trinajstić information content (AvgIpc) is 2.69. The highest BCUT2D eigenvalue weighted by Crippen LogP contribution is 2.22. The molecule has 0 saturated carbocycles. The van der Waals surface area contributed by atoms with Gasteiger partial charge in [0.15, 0.2) is 0 Å². The first-order chi connectivity index (χ1) is 11.9.